The predicted molar refractivity (Wildman–Crippen MR) is 166 cm³/mol. The van der Waals surface area contributed by atoms with E-state index in [2.05, 4.69) is 151 Å². The second-order valence-electron chi connectivity index (χ2n) is 10.7. The van der Waals surface area contributed by atoms with Gasteiger partial charge in [-0.1, -0.05) is 103 Å². The molecule has 6 aromatic carbocycles. The maximum absolute atomic E-state index is 6.61. The van der Waals surface area contributed by atoms with Gasteiger partial charge in [0.25, 0.3) is 0 Å². The van der Waals surface area contributed by atoms with Crippen LogP contribution in [0.2, 0.25) is 0 Å². The Morgan fingerprint density at radius 2 is 1.05 bits per heavy atom. The van der Waals surface area contributed by atoms with Crippen LogP contribution in [-0.2, 0) is 5.41 Å². The maximum atomic E-state index is 6.61. The highest BCUT2D eigenvalue weighted by Crippen LogP contribution is 2.54. The van der Waals surface area contributed by atoms with Crippen molar-refractivity contribution in [2.24, 2.45) is 0 Å². The minimum absolute atomic E-state index is 0.339. The van der Waals surface area contributed by atoms with E-state index < -0.39 is 0 Å². The number of rotatable bonds is 4. The lowest BCUT2D eigenvalue weighted by Gasteiger charge is -2.31. The Hall–Kier alpha value is -5.08. The molecule has 190 valence electrons. The van der Waals surface area contributed by atoms with Crippen molar-refractivity contribution in [3.8, 4) is 11.1 Å². The summed E-state index contributed by atoms with van der Waals surface area (Å²) in [7, 11) is 0. The molecule has 1 aliphatic rings. The third-order valence-corrected chi connectivity index (χ3v) is 8.53. The molecule has 2 heteroatoms. The second kappa shape index (κ2) is 8.72. The Kier molecular flexibility index (Phi) is 4.99. The van der Waals surface area contributed by atoms with Gasteiger partial charge in [-0.25, -0.2) is 0 Å². The molecule has 8 rings (SSSR count). The van der Waals surface area contributed by atoms with Gasteiger partial charge in [-0.15, -0.1) is 0 Å². The van der Waals surface area contributed by atoms with Gasteiger partial charge < -0.3 is 9.32 Å². The lowest BCUT2D eigenvalue weighted by molar-refractivity contribution is 0.662. The van der Waals surface area contributed by atoms with Crippen LogP contribution >= 0.6 is 0 Å². The first-order chi connectivity index (χ1) is 19.7. The molecule has 0 saturated carbocycles. The van der Waals surface area contributed by atoms with Gasteiger partial charge in [0.05, 0.1) is 11.1 Å². The molecule has 0 spiro atoms. The number of anilines is 3. The number of para-hydroxylation sites is 3. The second-order valence-corrected chi connectivity index (χ2v) is 10.7. The average molecular weight is 514 g/mol. The van der Waals surface area contributed by atoms with E-state index in [1.165, 1.54) is 27.8 Å². The molecule has 1 heterocycles. The summed E-state index contributed by atoms with van der Waals surface area (Å²) in [4.78, 5) is 2.36. The molecular weight excluding hydrogens is 486 g/mol. The van der Waals surface area contributed by atoms with Crippen LogP contribution in [-0.4, -0.2) is 0 Å². The molecule has 0 atom stereocenters. The molecule has 1 aromatic heterocycles. The zero-order valence-electron chi connectivity index (χ0n) is 22.2. The van der Waals surface area contributed by atoms with Gasteiger partial charge in [0.2, 0.25) is 0 Å². The molecule has 0 bridgehead atoms. The molecular formula is C38H27NO. The zero-order valence-corrected chi connectivity index (χ0v) is 22.2. The van der Waals surface area contributed by atoms with Crippen molar-refractivity contribution in [1.82, 2.24) is 0 Å². The van der Waals surface area contributed by atoms with E-state index >= 15 is 0 Å². The fourth-order valence-electron chi connectivity index (χ4n) is 6.64. The predicted octanol–water partition coefficient (Wildman–Crippen LogP) is 10.4. The minimum Gasteiger partial charge on any atom is -0.456 e. The average Bonchev–Trinajstić information content (AvgIpc) is 3.52. The van der Waals surface area contributed by atoms with Crippen LogP contribution in [0.25, 0.3) is 33.1 Å². The molecule has 1 aliphatic carbocycles. The van der Waals surface area contributed by atoms with Crippen LogP contribution in [0.1, 0.15) is 23.6 Å². The molecule has 0 N–H and O–H groups in total. The summed E-state index contributed by atoms with van der Waals surface area (Å²) >= 11 is 0. The van der Waals surface area contributed by atoms with Crippen molar-refractivity contribution in [3.05, 3.63) is 162 Å². The van der Waals surface area contributed by atoms with E-state index in [0.717, 1.165) is 39.0 Å². The van der Waals surface area contributed by atoms with E-state index in [0.29, 0.717) is 0 Å². The molecule has 0 saturated heterocycles. The molecule has 40 heavy (non-hydrogen) atoms. The van der Waals surface area contributed by atoms with Crippen molar-refractivity contribution >= 4 is 39.0 Å². The van der Waals surface area contributed by atoms with Gasteiger partial charge in [0.15, 0.2) is 0 Å². The normalized spacial score (nSPS) is 13.3. The maximum Gasteiger partial charge on any atom is 0.137 e. The SMILES string of the molecule is CC1(c2cc(N(c3ccccc3)c3ccccc3)c3c(c2)oc2ccccc23)c2ccccc2-c2ccccc21. The number of hydrogen-bond acceptors (Lipinski definition) is 2. The van der Waals surface area contributed by atoms with Gasteiger partial charge in [0, 0.05) is 22.2 Å². The van der Waals surface area contributed by atoms with Crippen molar-refractivity contribution in [1.29, 1.82) is 0 Å². The van der Waals surface area contributed by atoms with Crippen molar-refractivity contribution in [2.45, 2.75) is 12.3 Å². The Bertz CT molecular complexity index is 1940. The number of nitrogens with zero attached hydrogens (tertiary/aromatic N) is 1. The Morgan fingerprint density at radius 3 is 1.68 bits per heavy atom. The lowest BCUT2D eigenvalue weighted by atomic mass is 9.74. The first kappa shape index (κ1) is 22.9. The highest BCUT2D eigenvalue weighted by Gasteiger charge is 2.41. The third kappa shape index (κ3) is 3.23. The molecule has 0 aliphatic heterocycles. The van der Waals surface area contributed by atoms with Crippen LogP contribution in [0.3, 0.4) is 0 Å². The van der Waals surface area contributed by atoms with Crippen LogP contribution < -0.4 is 4.90 Å². The molecule has 0 amide bonds. The lowest BCUT2D eigenvalue weighted by Crippen LogP contribution is -2.23. The standard InChI is InChI=1S/C38H27NO/c1-38(32-21-11-8-18-29(32)30-19-9-12-22-33(30)38)26-24-34(37-31-20-10-13-23-35(31)40-36(37)25-26)39(27-14-4-2-5-15-27)28-16-6-3-7-17-28/h2-25H,1H3. The summed E-state index contributed by atoms with van der Waals surface area (Å²) in [6.45, 7) is 2.36. The number of furan rings is 1. The first-order valence-corrected chi connectivity index (χ1v) is 13.8. The van der Waals surface area contributed by atoms with Crippen molar-refractivity contribution in [3.63, 3.8) is 0 Å². The molecule has 2 nitrogen and oxygen atoms in total. The molecule has 0 unspecified atom stereocenters. The van der Waals surface area contributed by atoms with Crippen LogP contribution in [0.4, 0.5) is 17.1 Å². The van der Waals surface area contributed by atoms with E-state index in [1.54, 1.807) is 0 Å². The Morgan fingerprint density at radius 1 is 0.525 bits per heavy atom. The highest BCUT2D eigenvalue weighted by molar-refractivity contribution is 6.13. The van der Waals surface area contributed by atoms with Crippen LogP contribution in [0, 0.1) is 0 Å². The summed E-state index contributed by atoms with van der Waals surface area (Å²) in [6.07, 6.45) is 0. The topological polar surface area (TPSA) is 16.4 Å². The summed E-state index contributed by atoms with van der Waals surface area (Å²) < 4.78 is 6.61. The van der Waals surface area contributed by atoms with Crippen LogP contribution in [0.5, 0.6) is 0 Å². The van der Waals surface area contributed by atoms with E-state index in [4.69, 9.17) is 4.42 Å². The molecule has 7 aromatic rings. The Labute approximate surface area is 233 Å². The Balaban J connectivity index is 1.50. The number of hydrogen-bond donors (Lipinski definition) is 0. The summed E-state index contributed by atoms with van der Waals surface area (Å²) in [5.74, 6) is 0. The summed E-state index contributed by atoms with van der Waals surface area (Å²) in [5.41, 5.74) is 11.2. The first-order valence-electron chi connectivity index (χ1n) is 13.8. The number of benzene rings is 6. The third-order valence-electron chi connectivity index (χ3n) is 8.53. The minimum atomic E-state index is -0.339. The highest BCUT2D eigenvalue weighted by atomic mass is 16.3. The summed E-state index contributed by atoms with van der Waals surface area (Å²) in [6, 6.07) is 51.9. The van der Waals surface area contributed by atoms with E-state index in [9.17, 15) is 0 Å². The summed E-state index contributed by atoms with van der Waals surface area (Å²) in [5, 5.41) is 2.24. The molecule has 0 fully saturated rings. The van der Waals surface area contributed by atoms with Gasteiger partial charge >= 0.3 is 0 Å². The van der Waals surface area contributed by atoms with E-state index in [1.807, 2.05) is 6.07 Å². The van der Waals surface area contributed by atoms with Gasteiger partial charge in [-0.2, -0.15) is 0 Å². The van der Waals surface area contributed by atoms with Crippen LogP contribution in [0.15, 0.2) is 150 Å². The van der Waals surface area contributed by atoms with Gasteiger partial charge in [-0.3, -0.25) is 0 Å². The fraction of sp³-hybridized carbons (Fsp3) is 0.0526. The zero-order chi connectivity index (χ0) is 26.7. The fourth-order valence-corrected chi connectivity index (χ4v) is 6.64. The smallest absolute Gasteiger partial charge is 0.137 e. The monoisotopic (exact) mass is 513 g/mol. The van der Waals surface area contributed by atoms with Crippen molar-refractivity contribution in [2.75, 3.05) is 4.90 Å². The van der Waals surface area contributed by atoms with Gasteiger partial charge in [-0.05, 0) is 77.2 Å². The quantitative estimate of drug-likeness (QED) is 0.233. The van der Waals surface area contributed by atoms with Gasteiger partial charge in [0.1, 0.15) is 11.2 Å². The molecule has 0 radical (unpaired) electrons. The largest absolute Gasteiger partial charge is 0.456 e. The van der Waals surface area contributed by atoms with E-state index in [-0.39, 0.29) is 5.41 Å². The van der Waals surface area contributed by atoms with Crippen molar-refractivity contribution < 1.29 is 4.42 Å². The number of fused-ring (bicyclic) bond motifs is 6.